The molecule has 28 heavy (non-hydrogen) atoms. The van der Waals surface area contributed by atoms with Gasteiger partial charge in [0.1, 0.15) is 5.82 Å². The summed E-state index contributed by atoms with van der Waals surface area (Å²) in [5.74, 6) is 2.75. The number of hydrogen-bond acceptors (Lipinski definition) is 1. The van der Waals surface area contributed by atoms with Crippen LogP contribution in [0.25, 0.3) is 11.3 Å². The van der Waals surface area contributed by atoms with Crippen LogP contribution in [0.2, 0.25) is 0 Å². The standard InChI is InChI=1S/C26H34FN/c1-3-19-6-10-21(11-7-19)23-13-15-26(28-17-23)24-14-12-22(16-25(24)27)20-8-4-18(2)5-9-20/h12-21H,3-11H2,1-2H3. The van der Waals surface area contributed by atoms with Gasteiger partial charge in [0, 0.05) is 11.8 Å². The first-order valence-corrected chi connectivity index (χ1v) is 11.4. The molecule has 2 heteroatoms. The minimum atomic E-state index is -0.125. The van der Waals surface area contributed by atoms with Crippen LogP contribution < -0.4 is 0 Å². The van der Waals surface area contributed by atoms with Crippen molar-refractivity contribution >= 4 is 0 Å². The summed E-state index contributed by atoms with van der Waals surface area (Å²) in [6, 6.07) is 10.0. The highest BCUT2D eigenvalue weighted by molar-refractivity contribution is 5.60. The molecule has 0 spiro atoms. The molecule has 0 bridgehead atoms. The van der Waals surface area contributed by atoms with Crippen LogP contribution in [0, 0.1) is 17.7 Å². The minimum Gasteiger partial charge on any atom is -0.256 e. The third kappa shape index (κ3) is 4.31. The van der Waals surface area contributed by atoms with Crippen molar-refractivity contribution in [1.82, 2.24) is 4.98 Å². The van der Waals surface area contributed by atoms with E-state index in [1.54, 1.807) is 6.07 Å². The Kier molecular flexibility index (Phi) is 6.13. The molecule has 0 amide bonds. The minimum absolute atomic E-state index is 0.125. The maximum Gasteiger partial charge on any atom is 0.132 e. The molecule has 2 aliphatic carbocycles. The van der Waals surface area contributed by atoms with Crippen LogP contribution in [0.4, 0.5) is 4.39 Å². The number of nitrogens with zero attached hydrogens (tertiary/aromatic N) is 1. The van der Waals surface area contributed by atoms with Gasteiger partial charge in [-0.15, -0.1) is 0 Å². The van der Waals surface area contributed by atoms with E-state index in [4.69, 9.17) is 0 Å². The van der Waals surface area contributed by atoms with Crippen molar-refractivity contribution in [2.45, 2.75) is 83.5 Å². The van der Waals surface area contributed by atoms with E-state index in [-0.39, 0.29) is 5.82 Å². The van der Waals surface area contributed by atoms with Gasteiger partial charge in [-0.1, -0.05) is 45.2 Å². The van der Waals surface area contributed by atoms with Crippen molar-refractivity contribution in [1.29, 1.82) is 0 Å². The molecular formula is C26H34FN. The van der Waals surface area contributed by atoms with E-state index in [2.05, 4.69) is 31.0 Å². The van der Waals surface area contributed by atoms with E-state index in [1.165, 1.54) is 63.4 Å². The van der Waals surface area contributed by atoms with Gasteiger partial charge in [-0.3, -0.25) is 4.98 Å². The molecular weight excluding hydrogens is 345 g/mol. The highest BCUT2D eigenvalue weighted by Gasteiger charge is 2.23. The molecule has 150 valence electrons. The molecule has 1 aromatic heterocycles. The Morgan fingerprint density at radius 2 is 1.50 bits per heavy atom. The van der Waals surface area contributed by atoms with E-state index < -0.39 is 0 Å². The summed E-state index contributed by atoms with van der Waals surface area (Å²) in [4.78, 5) is 4.64. The van der Waals surface area contributed by atoms with Gasteiger partial charge < -0.3 is 0 Å². The molecule has 1 nitrogen and oxygen atoms in total. The van der Waals surface area contributed by atoms with E-state index in [9.17, 15) is 4.39 Å². The predicted molar refractivity (Wildman–Crippen MR) is 115 cm³/mol. The zero-order valence-corrected chi connectivity index (χ0v) is 17.5. The molecule has 4 rings (SSSR count). The van der Waals surface area contributed by atoms with Crippen LogP contribution in [0.15, 0.2) is 36.5 Å². The second-order valence-corrected chi connectivity index (χ2v) is 9.30. The SMILES string of the molecule is CCC1CCC(c2ccc(-c3ccc(C4CCC(C)CC4)cc3F)nc2)CC1. The lowest BCUT2D eigenvalue weighted by Gasteiger charge is -2.28. The van der Waals surface area contributed by atoms with Crippen molar-refractivity contribution in [2.75, 3.05) is 0 Å². The Hall–Kier alpha value is -1.70. The van der Waals surface area contributed by atoms with Crippen molar-refractivity contribution in [2.24, 2.45) is 11.8 Å². The number of aromatic nitrogens is 1. The fourth-order valence-electron chi connectivity index (χ4n) is 5.30. The number of halogens is 1. The van der Waals surface area contributed by atoms with E-state index in [0.29, 0.717) is 17.4 Å². The third-order valence-electron chi connectivity index (χ3n) is 7.44. The predicted octanol–water partition coefficient (Wildman–Crippen LogP) is 7.87. The lowest BCUT2D eigenvalue weighted by molar-refractivity contribution is 0.318. The first-order valence-electron chi connectivity index (χ1n) is 11.4. The molecule has 2 fully saturated rings. The molecule has 0 atom stereocenters. The smallest absolute Gasteiger partial charge is 0.132 e. The fraction of sp³-hybridized carbons (Fsp3) is 0.577. The Balaban J connectivity index is 1.45. The summed E-state index contributed by atoms with van der Waals surface area (Å²) >= 11 is 0. The van der Waals surface area contributed by atoms with Crippen molar-refractivity contribution in [3.63, 3.8) is 0 Å². The maximum absolute atomic E-state index is 14.9. The average Bonchev–Trinajstić information content (AvgIpc) is 2.74. The highest BCUT2D eigenvalue weighted by Crippen LogP contribution is 2.38. The molecule has 1 aromatic carbocycles. The Labute approximate surface area is 169 Å². The van der Waals surface area contributed by atoms with Gasteiger partial charge in [0.25, 0.3) is 0 Å². The van der Waals surface area contributed by atoms with Gasteiger partial charge in [-0.05, 0) is 91.5 Å². The van der Waals surface area contributed by atoms with Crippen LogP contribution in [0.5, 0.6) is 0 Å². The number of rotatable bonds is 4. The van der Waals surface area contributed by atoms with Crippen molar-refractivity contribution < 1.29 is 4.39 Å². The Morgan fingerprint density at radius 3 is 2.11 bits per heavy atom. The molecule has 0 aliphatic heterocycles. The second-order valence-electron chi connectivity index (χ2n) is 9.30. The maximum atomic E-state index is 14.9. The van der Waals surface area contributed by atoms with Crippen LogP contribution in [-0.4, -0.2) is 4.98 Å². The van der Waals surface area contributed by atoms with E-state index in [1.807, 2.05) is 18.3 Å². The summed E-state index contributed by atoms with van der Waals surface area (Å²) in [6.45, 7) is 4.63. The Bertz CT molecular complexity index is 766. The number of hydrogen-bond donors (Lipinski definition) is 0. The normalized spacial score (nSPS) is 28.2. The Morgan fingerprint density at radius 1 is 0.857 bits per heavy atom. The van der Waals surface area contributed by atoms with Crippen molar-refractivity contribution in [3.05, 3.63) is 53.5 Å². The molecule has 0 N–H and O–H groups in total. The molecule has 2 aromatic rings. The second kappa shape index (κ2) is 8.76. The van der Waals surface area contributed by atoms with Gasteiger partial charge in [-0.25, -0.2) is 4.39 Å². The van der Waals surface area contributed by atoms with Gasteiger partial charge in [0.05, 0.1) is 5.69 Å². The molecule has 0 saturated heterocycles. The summed E-state index contributed by atoms with van der Waals surface area (Å²) in [7, 11) is 0. The highest BCUT2D eigenvalue weighted by atomic mass is 19.1. The fourth-order valence-corrected chi connectivity index (χ4v) is 5.30. The zero-order chi connectivity index (χ0) is 19.5. The van der Waals surface area contributed by atoms with Crippen LogP contribution in [0.3, 0.4) is 0 Å². The molecule has 2 saturated carbocycles. The zero-order valence-electron chi connectivity index (χ0n) is 17.5. The van der Waals surface area contributed by atoms with Gasteiger partial charge in [0.15, 0.2) is 0 Å². The molecule has 0 unspecified atom stereocenters. The van der Waals surface area contributed by atoms with Gasteiger partial charge in [0.2, 0.25) is 0 Å². The van der Waals surface area contributed by atoms with Crippen LogP contribution in [-0.2, 0) is 0 Å². The lowest BCUT2D eigenvalue weighted by Crippen LogP contribution is -2.12. The summed E-state index contributed by atoms with van der Waals surface area (Å²) in [6.07, 6.45) is 13.4. The van der Waals surface area contributed by atoms with E-state index >= 15 is 0 Å². The molecule has 2 aliphatic rings. The summed E-state index contributed by atoms with van der Waals surface area (Å²) in [5, 5.41) is 0. The first-order chi connectivity index (χ1) is 13.6. The summed E-state index contributed by atoms with van der Waals surface area (Å²) in [5.41, 5.74) is 3.88. The molecule has 0 radical (unpaired) electrons. The quantitative estimate of drug-likeness (QED) is 0.527. The van der Waals surface area contributed by atoms with Crippen molar-refractivity contribution in [3.8, 4) is 11.3 Å². The first kappa shape index (κ1) is 19.6. The van der Waals surface area contributed by atoms with E-state index in [0.717, 1.165) is 23.1 Å². The average molecular weight is 380 g/mol. The number of benzene rings is 1. The van der Waals surface area contributed by atoms with Gasteiger partial charge in [-0.2, -0.15) is 0 Å². The lowest BCUT2D eigenvalue weighted by atomic mass is 9.78. The summed E-state index contributed by atoms with van der Waals surface area (Å²) < 4.78 is 14.9. The number of pyridine rings is 1. The third-order valence-corrected chi connectivity index (χ3v) is 7.44. The largest absolute Gasteiger partial charge is 0.256 e. The van der Waals surface area contributed by atoms with Gasteiger partial charge >= 0.3 is 0 Å². The molecule has 1 heterocycles. The van der Waals surface area contributed by atoms with Crippen LogP contribution >= 0.6 is 0 Å². The monoisotopic (exact) mass is 379 g/mol. The van der Waals surface area contributed by atoms with Crippen LogP contribution in [0.1, 0.15) is 94.6 Å². The topological polar surface area (TPSA) is 12.9 Å².